The number of imide groups is 1. The Labute approximate surface area is 128 Å². The van der Waals surface area contributed by atoms with Crippen LogP contribution in [0.3, 0.4) is 0 Å². The van der Waals surface area contributed by atoms with Crippen LogP contribution in [0.5, 0.6) is 0 Å². The van der Waals surface area contributed by atoms with Crippen molar-refractivity contribution < 1.29 is 19.1 Å². The SMILES string of the molecule is CN(C)c1ccc(C(=O)N2CC(N3C(=O)COC3=O)C2)cc1. The van der Waals surface area contributed by atoms with Gasteiger partial charge in [-0.05, 0) is 24.3 Å². The first-order valence-corrected chi connectivity index (χ1v) is 7.03. The van der Waals surface area contributed by atoms with Crippen molar-refractivity contribution >= 4 is 23.6 Å². The highest BCUT2D eigenvalue weighted by Crippen LogP contribution is 2.22. The van der Waals surface area contributed by atoms with E-state index in [1.54, 1.807) is 17.0 Å². The summed E-state index contributed by atoms with van der Waals surface area (Å²) in [7, 11) is 3.87. The molecule has 0 radical (unpaired) electrons. The van der Waals surface area contributed by atoms with E-state index in [2.05, 4.69) is 4.74 Å². The normalized spacial score (nSPS) is 18.3. The number of carbonyl (C=O) groups excluding carboxylic acids is 3. The van der Waals surface area contributed by atoms with Gasteiger partial charge in [-0.25, -0.2) is 9.69 Å². The Balaban J connectivity index is 1.61. The molecule has 2 aliphatic heterocycles. The standard InChI is InChI=1S/C15H17N3O4/c1-16(2)11-5-3-10(4-6-11)14(20)17-7-12(8-17)18-13(19)9-22-15(18)21/h3-6,12H,7-9H2,1-2H3. The average Bonchev–Trinajstić information content (AvgIpc) is 2.78. The van der Waals surface area contributed by atoms with E-state index >= 15 is 0 Å². The molecule has 2 heterocycles. The highest BCUT2D eigenvalue weighted by molar-refractivity contribution is 5.99. The molecule has 3 amide bonds. The minimum Gasteiger partial charge on any atom is -0.439 e. The molecule has 0 N–H and O–H groups in total. The fourth-order valence-corrected chi connectivity index (χ4v) is 2.59. The number of cyclic esters (lactones) is 1. The Morgan fingerprint density at radius 2 is 1.82 bits per heavy atom. The molecule has 1 aromatic carbocycles. The molecule has 7 nitrogen and oxygen atoms in total. The summed E-state index contributed by atoms with van der Waals surface area (Å²) in [5.74, 6) is -0.431. The molecule has 7 heteroatoms. The van der Waals surface area contributed by atoms with E-state index in [0.717, 1.165) is 10.6 Å². The summed E-state index contributed by atoms with van der Waals surface area (Å²) in [4.78, 5) is 40.0. The molecule has 2 aliphatic rings. The van der Waals surface area contributed by atoms with Crippen molar-refractivity contribution in [1.82, 2.24) is 9.80 Å². The van der Waals surface area contributed by atoms with Gasteiger partial charge in [0.15, 0.2) is 6.61 Å². The monoisotopic (exact) mass is 303 g/mol. The zero-order valence-electron chi connectivity index (χ0n) is 12.5. The summed E-state index contributed by atoms with van der Waals surface area (Å²) >= 11 is 0. The third-order valence-electron chi connectivity index (χ3n) is 3.93. The summed E-state index contributed by atoms with van der Waals surface area (Å²) < 4.78 is 4.68. The lowest BCUT2D eigenvalue weighted by molar-refractivity contribution is -0.129. The topological polar surface area (TPSA) is 70.2 Å². The van der Waals surface area contributed by atoms with Gasteiger partial charge in [-0.1, -0.05) is 0 Å². The molecule has 116 valence electrons. The summed E-state index contributed by atoms with van der Waals surface area (Å²) in [6, 6.07) is 7.05. The molecule has 0 aromatic heterocycles. The van der Waals surface area contributed by atoms with Crippen molar-refractivity contribution in [2.75, 3.05) is 38.7 Å². The largest absolute Gasteiger partial charge is 0.439 e. The maximum Gasteiger partial charge on any atom is 0.417 e. The van der Waals surface area contributed by atoms with E-state index in [-0.39, 0.29) is 24.5 Å². The number of ether oxygens (including phenoxy) is 1. The van der Waals surface area contributed by atoms with Crippen LogP contribution >= 0.6 is 0 Å². The molecule has 0 unspecified atom stereocenters. The fourth-order valence-electron chi connectivity index (χ4n) is 2.59. The summed E-state index contributed by atoms with van der Waals surface area (Å²) in [6.45, 7) is 0.513. The van der Waals surface area contributed by atoms with Crippen LogP contribution in [0, 0.1) is 0 Å². The third kappa shape index (κ3) is 2.38. The minimum atomic E-state index is -0.613. The second-order valence-electron chi connectivity index (χ2n) is 5.62. The number of nitrogens with zero attached hydrogens (tertiary/aromatic N) is 3. The summed E-state index contributed by atoms with van der Waals surface area (Å²) in [6.07, 6.45) is -0.613. The first kappa shape index (κ1) is 14.4. The van der Waals surface area contributed by atoms with Gasteiger partial charge in [0.1, 0.15) is 0 Å². The number of amides is 3. The van der Waals surface area contributed by atoms with Crippen molar-refractivity contribution in [2.24, 2.45) is 0 Å². The van der Waals surface area contributed by atoms with E-state index in [0.29, 0.717) is 18.7 Å². The van der Waals surface area contributed by atoms with Crippen LogP contribution in [-0.4, -0.2) is 67.5 Å². The molecule has 2 saturated heterocycles. The van der Waals surface area contributed by atoms with Gasteiger partial charge in [-0.3, -0.25) is 9.59 Å². The van der Waals surface area contributed by atoms with Crippen LogP contribution in [0.25, 0.3) is 0 Å². The Bertz CT molecular complexity index is 604. The highest BCUT2D eigenvalue weighted by Gasteiger charge is 2.44. The molecule has 0 atom stereocenters. The Morgan fingerprint density at radius 3 is 2.32 bits per heavy atom. The minimum absolute atomic E-state index is 0.0958. The van der Waals surface area contributed by atoms with Crippen LogP contribution in [0.1, 0.15) is 10.4 Å². The van der Waals surface area contributed by atoms with Gasteiger partial charge in [0.25, 0.3) is 11.8 Å². The summed E-state index contributed by atoms with van der Waals surface area (Å²) in [5, 5.41) is 0. The molecular weight excluding hydrogens is 286 g/mol. The number of likely N-dealkylation sites (tertiary alicyclic amines) is 1. The van der Waals surface area contributed by atoms with E-state index in [1.165, 1.54) is 0 Å². The number of benzene rings is 1. The Hall–Kier alpha value is -2.57. The van der Waals surface area contributed by atoms with E-state index in [9.17, 15) is 14.4 Å². The first-order chi connectivity index (χ1) is 10.5. The van der Waals surface area contributed by atoms with Gasteiger partial charge in [-0.15, -0.1) is 0 Å². The maximum absolute atomic E-state index is 12.3. The van der Waals surface area contributed by atoms with Crippen molar-refractivity contribution in [3.63, 3.8) is 0 Å². The van der Waals surface area contributed by atoms with Gasteiger partial charge < -0.3 is 14.5 Å². The van der Waals surface area contributed by atoms with Crippen LogP contribution < -0.4 is 4.90 Å². The smallest absolute Gasteiger partial charge is 0.417 e. The molecular formula is C15H17N3O4. The van der Waals surface area contributed by atoms with E-state index in [4.69, 9.17) is 0 Å². The zero-order chi connectivity index (χ0) is 15.9. The molecule has 2 fully saturated rings. The van der Waals surface area contributed by atoms with Gasteiger partial charge >= 0.3 is 6.09 Å². The second-order valence-corrected chi connectivity index (χ2v) is 5.62. The third-order valence-corrected chi connectivity index (χ3v) is 3.93. The lowest BCUT2D eigenvalue weighted by Crippen LogP contribution is -2.62. The average molecular weight is 303 g/mol. The molecule has 0 aliphatic carbocycles. The molecule has 0 spiro atoms. The molecule has 0 bridgehead atoms. The van der Waals surface area contributed by atoms with E-state index < -0.39 is 6.09 Å². The van der Waals surface area contributed by atoms with Crippen molar-refractivity contribution in [1.29, 1.82) is 0 Å². The lowest BCUT2D eigenvalue weighted by Gasteiger charge is -2.42. The van der Waals surface area contributed by atoms with Crippen LogP contribution in [0.4, 0.5) is 10.5 Å². The Kier molecular flexibility index (Phi) is 3.48. The molecule has 0 saturated carbocycles. The number of hydrogen-bond donors (Lipinski definition) is 0. The molecule has 3 rings (SSSR count). The van der Waals surface area contributed by atoms with Gasteiger partial charge in [0.05, 0.1) is 6.04 Å². The second kappa shape index (κ2) is 5.32. The quantitative estimate of drug-likeness (QED) is 0.816. The van der Waals surface area contributed by atoms with E-state index in [1.807, 2.05) is 31.1 Å². The van der Waals surface area contributed by atoms with Gasteiger partial charge in [-0.2, -0.15) is 0 Å². The molecule has 22 heavy (non-hydrogen) atoms. The first-order valence-electron chi connectivity index (χ1n) is 7.03. The highest BCUT2D eigenvalue weighted by atomic mass is 16.6. The predicted octanol–water partition coefficient (Wildman–Crippen LogP) is 0.556. The summed E-state index contributed by atoms with van der Waals surface area (Å²) in [5.41, 5.74) is 1.61. The fraction of sp³-hybridized carbons (Fsp3) is 0.400. The van der Waals surface area contributed by atoms with Crippen molar-refractivity contribution in [2.45, 2.75) is 6.04 Å². The molecule has 1 aromatic rings. The number of carbonyl (C=O) groups is 3. The van der Waals surface area contributed by atoms with Crippen LogP contribution in [-0.2, 0) is 9.53 Å². The Morgan fingerprint density at radius 1 is 1.18 bits per heavy atom. The predicted molar refractivity (Wildman–Crippen MR) is 78.7 cm³/mol. The van der Waals surface area contributed by atoms with Gasteiger partial charge in [0, 0.05) is 38.4 Å². The number of hydrogen-bond acceptors (Lipinski definition) is 5. The van der Waals surface area contributed by atoms with Crippen LogP contribution in [0.15, 0.2) is 24.3 Å². The van der Waals surface area contributed by atoms with Crippen molar-refractivity contribution in [3.8, 4) is 0 Å². The van der Waals surface area contributed by atoms with Gasteiger partial charge in [0.2, 0.25) is 0 Å². The number of anilines is 1. The van der Waals surface area contributed by atoms with Crippen molar-refractivity contribution in [3.05, 3.63) is 29.8 Å². The van der Waals surface area contributed by atoms with Crippen LogP contribution in [0.2, 0.25) is 0 Å². The lowest BCUT2D eigenvalue weighted by atomic mass is 10.0. The number of rotatable bonds is 3. The maximum atomic E-state index is 12.3. The zero-order valence-corrected chi connectivity index (χ0v) is 12.5.